The van der Waals surface area contributed by atoms with Crippen LogP contribution in [0.1, 0.15) is 36.9 Å². The first-order chi connectivity index (χ1) is 9.36. The lowest BCUT2D eigenvalue weighted by Gasteiger charge is -2.16. The van der Waals surface area contributed by atoms with E-state index in [0.29, 0.717) is 11.6 Å². The van der Waals surface area contributed by atoms with Crippen molar-refractivity contribution in [2.75, 3.05) is 6.54 Å². The second-order valence-corrected chi connectivity index (χ2v) is 5.07. The molecule has 1 aliphatic rings. The van der Waals surface area contributed by atoms with Gasteiger partial charge in [0.25, 0.3) is 0 Å². The number of carbonyl (C=O) groups is 1. The van der Waals surface area contributed by atoms with Crippen LogP contribution < -0.4 is 10.6 Å². The van der Waals surface area contributed by atoms with Gasteiger partial charge in [-0.3, -0.25) is 4.79 Å². The fourth-order valence-corrected chi connectivity index (χ4v) is 1.88. The smallest absolute Gasteiger partial charge is 0.348 e. The number of rotatable bonds is 5. The van der Waals surface area contributed by atoms with Crippen LogP contribution in [-0.2, 0) is 11.0 Å². The van der Waals surface area contributed by atoms with Gasteiger partial charge >= 0.3 is 6.18 Å². The van der Waals surface area contributed by atoms with Gasteiger partial charge in [-0.15, -0.1) is 0 Å². The van der Waals surface area contributed by atoms with E-state index in [1.165, 1.54) is 6.07 Å². The average Bonchev–Trinajstić information content (AvgIpc) is 3.19. The fraction of sp³-hybridized carbons (Fsp3) is 0.500. The SMILES string of the molecule is CC(NC(=O)CNC1CC1)c1cccc(C(F)(F)F)c1. The Morgan fingerprint density at radius 1 is 1.40 bits per heavy atom. The van der Waals surface area contributed by atoms with E-state index in [0.717, 1.165) is 25.0 Å². The predicted octanol–water partition coefficient (Wildman–Crippen LogP) is 2.63. The van der Waals surface area contributed by atoms with Crippen LogP contribution in [0.3, 0.4) is 0 Å². The molecule has 0 heterocycles. The summed E-state index contributed by atoms with van der Waals surface area (Å²) < 4.78 is 37.8. The lowest BCUT2D eigenvalue weighted by molar-refractivity contribution is -0.137. The second kappa shape index (κ2) is 5.83. The van der Waals surface area contributed by atoms with Gasteiger partial charge < -0.3 is 10.6 Å². The largest absolute Gasteiger partial charge is 0.416 e. The van der Waals surface area contributed by atoms with Crippen LogP contribution in [0.15, 0.2) is 24.3 Å². The zero-order chi connectivity index (χ0) is 14.8. The molecule has 2 N–H and O–H groups in total. The Balaban J connectivity index is 1.93. The Morgan fingerprint density at radius 3 is 2.70 bits per heavy atom. The Morgan fingerprint density at radius 2 is 2.10 bits per heavy atom. The van der Waals surface area contributed by atoms with Crippen LogP contribution in [0, 0.1) is 0 Å². The Hall–Kier alpha value is -1.56. The van der Waals surface area contributed by atoms with E-state index in [1.54, 1.807) is 13.0 Å². The highest BCUT2D eigenvalue weighted by Gasteiger charge is 2.30. The quantitative estimate of drug-likeness (QED) is 0.873. The summed E-state index contributed by atoms with van der Waals surface area (Å²) in [6.07, 6.45) is -2.21. The number of amides is 1. The van der Waals surface area contributed by atoms with Crippen molar-refractivity contribution in [1.82, 2.24) is 10.6 Å². The summed E-state index contributed by atoms with van der Waals surface area (Å²) in [4.78, 5) is 11.6. The first-order valence-electron chi connectivity index (χ1n) is 6.56. The van der Waals surface area contributed by atoms with Crippen molar-refractivity contribution in [2.24, 2.45) is 0 Å². The minimum atomic E-state index is -4.37. The van der Waals surface area contributed by atoms with E-state index < -0.39 is 17.8 Å². The standard InChI is InChI=1S/C14H17F3N2O/c1-9(19-13(20)8-18-12-5-6-12)10-3-2-4-11(7-10)14(15,16)17/h2-4,7,9,12,18H,5-6,8H2,1H3,(H,19,20). The van der Waals surface area contributed by atoms with Gasteiger partial charge in [0, 0.05) is 6.04 Å². The molecule has 1 fully saturated rings. The molecule has 1 aromatic carbocycles. The highest BCUT2D eigenvalue weighted by molar-refractivity contribution is 5.78. The molecule has 1 saturated carbocycles. The lowest BCUT2D eigenvalue weighted by atomic mass is 10.0. The van der Waals surface area contributed by atoms with Gasteiger partial charge in [0.05, 0.1) is 18.2 Å². The van der Waals surface area contributed by atoms with E-state index in [9.17, 15) is 18.0 Å². The lowest BCUT2D eigenvalue weighted by Crippen LogP contribution is -2.36. The molecule has 3 nitrogen and oxygen atoms in total. The van der Waals surface area contributed by atoms with E-state index >= 15 is 0 Å². The summed E-state index contributed by atoms with van der Waals surface area (Å²) in [5, 5.41) is 5.75. The molecule has 110 valence electrons. The zero-order valence-corrected chi connectivity index (χ0v) is 11.1. The maximum atomic E-state index is 12.6. The van der Waals surface area contributed by atoms with Crippen molar-refractivity contribution in [3.05, 3.63) is 35.4 Å². The molecule has 1 amide bonds. The van der Waals surface area contributed by atoms with Crippen LogP contribution in [0.2, 0.25) is 0 Å². The average molecular weight is 286 g/mol. The molecule has 0 saturated heterocycles. The van der Waals surface area contributed by atoms with Crippen LogP contribution in [-0.4, -0.2) is 18.5 Å². The van der Waals surface area contributed by atoms with Gasteiger partial charge in [0.2, 0.25) is 5.91 Å². The van der Waals surface area contributed by atoms with Gasteiger partial charge in [-0.05, 0) is 37.5 Å². The minimum Gasteiger partial charge on any atom is -0.348 e. The summed E-state index contributed by atoms with van der Waals surface area (Å²) in [5.74, 6) is -0.207. The van der Waals surface area contributed by atoms with Gasteiger partial charge in [-0.25, -0.2) is 0 Å². The Labute approximate surface area is 115 Å². The molecule has 0 aromatic heterocycles. The molecule has 1 unspecified atom stereocenters. The molecule has 2 rings (SSSR count). The number of alkyl halides is 3. The molecular formula is C14H17F3N2O. The van der Waals surface area contributed by atoms with Gasteiger partial charge in [0.1, 0.15) is 0 Å². The molecule has 0 aliphatic heterocycles. The number of nitrogens with one attached hydrogen (secondary N) is 2. The highest BCUT2D eigenvalue weighted by atomic mass is 19.4. The Kier molecular flexibility index (Phi) is 4.32. The summed E-state index contributed by atoms with van der Waals surface area (Å²) >= 11 is 0. The number of hydrogen-bond acceptors (Lipinski definition) is 2. The maximum Gasteiger partial charge on any atom is 0.416 e. The molecule has 0 spiro atoms. The van der Waals surface area contributed by atoms with Crippen LogP contribution in [0.5, 0.6) is 0 Å². The van der Waals surface area contributed by atoms with E-state index in [4.69, 9.17) is 0 Å². The summed E-state index contributed by atoms with van der Waals surface area (Å²) in [6, 6.07) is 4.99. The molecule has 20 heavy (non-hydrogen) atoms. The summed E-state index contributed by atoms with van der Waals surface area (Å²) in [5.41, 5.74) is -0.258. The van der Waals surface area contributed by atoms with E-state index in [1.807, 2.05) is 0 Å². The van der Waals surface area contributed by atoms with Crippen molar-refractivity contribution in [3.63, 3.8) is 0 Å². The van der Waals surface area contributed by atoms with Crippen molar-refractivity contribution in [3.8, 4) is 0 Å². The van der Waals surface area contributed by atoms with Crippen LogP contribution in [0.25, 0.3) is 0 Å². The van der Waals surface area contributed by atoms with E-state index in [-0.39, 0.29) is 12.5 Å². The van der Waals surface area contributed by atoms with Crippen molar-refractivity contribution in [2.45, 2.75) is 38.0 Å². The predicted molar refractivity (Wildman–Crippen MR) is 69.0 cm³/mol. The number of benzene rings is 1. The molecule has 6 heteroatoms. The first kappa shape index (κ1) is 14.8. The summed E-state index contributed by atoms with van der Waals surface area (Å²) in [7, 11) is 0. The monoisotopic (exact) mass is 286 g/mol. The van der Waals surface area contributed by atoms with Crippen molar-refractivity contribution < 1.29 is 18.0 Å². The third-order valence-electron chi connectivity index (χ3n) is 3.22. The zero-order valence-electron chi connectivity index (χ0n) is 11.1. The van der Waals surface area contributed by atoms with Gasteiger partial charge in [-0.2, -0.15) is 13.2 Å². The third-order valence-corrected chi connectivity index (χ3v) is 3.22. The number of carbonyl (C=O) groups excluding carboxylic acids is 1. The third kappa shape index (κ3) is 4.23. The fourth-order valence-electron chi connectivity index (χ4n) is 1.88. The van der Waals surface area contributed by atoms with Crippen LogP contribution >= 0.6 is 0 Å². The number of halogens is 3. The van der Waals surface area contributed by atoms with Crippen molar-refractivity contribution >= 4 is 5.91 Å². The minimum absolute atomic E-state index is 0.202. The van der Waals surface area contributed by atoms with Crippen molar-refractivity contribution in [1.29, 1.82) is 0 Å². The molecule has 1 aromatic rings. The molecule has 0 radical (unpaired) electrons. The van der Waals surface area contributed by atoms with E-state index in [2.05, 4.69) is 10.6 Å². The first-order valence-corrected chi connectivity index (χ1v) is 6.56. The molecular weight excluding hydrogens is 269 g/mol. The van der Waals surface area contributed by atoms with Gasteiger partial charge in [0.15, 0.2) is 0 Å². The number of hydrogen-bond donors (Lipinski definition) is 2. The van der Waals surface area contributed by atoms with Gasteiger partial charge in [-0.1, -0.05) is 12.1 Å². The normalized spacial score (nSPS) is 16.8. The summed E-state index contributed by atoms with van der Waals surface area (Å²) in [6.45, 7) is 1.87. The second-order valence-electron chi connectivity index (χ2n) is 5.07. The molecule has 1 aliphatic carbocycles. The topological polar surface area (TPSA) is 41.1 Å². The molecule has 1 atom stereocenters. The maximum absolute atomic E-state index is 12.6. The molecule has 0 bridgehead atoms. The highest BCUT2D eigenvalue weighted by Crippen LogP contribution is 2.30. The Bertz CT molecular complexity index is 484. The van der Waals surface area contributed by atoms with Crippen LogP contribution in [0.4, 0.5) is 13.2 Å².